The van der Waals surface area contributed by atoms with Crippen LogP contribution in [0, 0.1) is 6.92 Å². The predicted octanol–water partition coefficient (Wildman–Crippen LogP) is 2.21. The summed E-state index contributed by atoms with van der Waals surface area (Å²) < 4.78 is 4.99. The molecule has 0 N–H and O–H groups in total. The first-order valence-corrected chi connectivity index (χ1v) is 6.39. The maximum absolute atomic E-state index is 12.4. The molecule has 0 spiro atoms. The molecular weight excluding hydrogens is 296 g/mol. The number of fused-ring (bicyclic) bond motifs is 1. The molecule has 0 saturated carbocycles. The fourth-order valence-corrected chi connectivity index (χ4v) is 2.14. The van der Waals surface area contributed by atoms with Crippen LogP contribution in [0.1, 0.15) is 28.0 Å². The molecule has 0 fully saturated rings. The molecule has 3 rings (SSSR count). The zero-order valence-electron chi connectivity index (χ0n) is 10.9. The normalized spacial score (nSPS) is 16.8. The summed E-state index contributed by atoms with van der Waals surface area (Å²) in [5, 5.41) is 0. The molecule has 1 aliphatic rings. The number of pyridine rings is 1. The van der Waals surface area contributed by atoms with E-state index < -0.39 is 17.6 Å². The maximum atomic E-state index is 12.4. The topological polar surface area (TPSA) is 85.3 Å². The monoisotopic (exact) mass is 304 g/mol. The fourth-order valence-electron chi connectivity index (χ4n) is 2.06. The van der Waals surface area contributed by atoms with E-state index in [0.29, 0.717) is 5.82 Å². The van der Waals surface area contributed by atoms with Crippen molar-refractivity contribution < 1.29 is 14.3 Å². The number of hydrogen-bond acceptors (Lipinski definition) is 6. The van der Waals surface area contributed by atoms with Gasteiger partial charge in [-0.15, -0.1) is 0 Å². The second kappa shape index (κ2) is 5.10. The van der Waals surface area contributed by atoms with Crippen LogP contribution in [0.15, 0.2) is 30.7 Å². The Bertz CT molecular complexity index is 720. The molecule has 1 unspecified atom stereocenters. The molecule has 0 saturated heterocycles. The molecule has 0 aliphatic carbocycles. The van der Waals surface area contributed by atoms with E-state index in [2.05, 4.69) is 15.0 Å². The van der Waals surface area contributed by atoms with Crippen LogP contribution >= 0.6 is 11.6 Å². The van der Waals surface area contributed by atoms with Gasteiger partial charge >= 0.3 is 5.43 Å². The van der Waals surface area contributed by atoms with Crippen LogP contribution in [0.2, 0.25) is 0 Å². The van der Waals surface area contributed by atoms with Crippen LogP contribution in [0.5, 0.6) is 0 Å². The van der Waals surface area contributed by atoms with E-state index in [0.717, 1.165) is 5.56 Å². The first kappa shape index (κ1) is 13.4. The third-order valence-corrected chi connectivity index (χ3v) is 3.05. The van der Waals surface area contributed by atoms with Crippen LogP contribution in [0.4, 0.5) is 10.6 Å². The van der Waals surface area contributed by atoms with Gasteiger partial charge < -0.3 is 4.74 Å². The number of nitrogens with zero attached hydrogens (tertiary/aromatic N) is 4. The van der Waals surface area contributed by atoms with E-state index in [1.54, 1.807) is 18.3 Å². The second-order valence-electron chi connectivity index (χ2n) is 4.37. The summed E-state index contributed by atoms with van der Waals surface area (Å²) >= 11 is 5.28. The van der Waals surface area contributed by atoms with Crippen molar-refractivity contribution in [3.05, 3.63) is 47.7 Å². The summed E-state index contributed by atoms with van der Waals surface area (Å²) in [6.45, 7) is 1.87. The Morgan fingerprint density at radius 1 is 1.29 bits per heavy atom. The van der Waals surface area contributed by atoms with Gasteiger partial charge in [0.2, 0.25) is 6.23 Å². The molecule has 7 nitrogen and oxygen atoms in total. The van der Waals surface area contributed by atoms with E-state index in [1.165, 1.54) is 17.3 Å². The quantitative estimate of drug-likeness (QED) is 0.791. The van der Waals surface area contributed by atoms with Crippen LogP contribution in [-0.4, -0.2) is 26.3 Å². The maximum Gasteiger partial charge on any atom is 0.406 e. The van der Waals surface area contributed by atoms with E-state index in [4.69, 9.17) is 16.3 Å². The molecular formula is C13H9ClN4O3. The summed E-state index contributed by atoms with van der Waals surface area (Å²) in [5.74, 6) is -0.120. The van der Waals surface area contributed by atoms with Gasteiger partial charge in [-0.05, 0) is 18.6 Å². The van der Waals surface area contributed by atoms with Gasteiger partial charge in [0.15, 0.2) is 5.69 Å². The average Bonchev–Trinajstić information content (AvgIpc) is 2.73. The second-order valence-corrected chi connectivity index (χ2v) is 4.68. The van der Waals surface area contributed by atoms with Crippen LogP contribution in [-0.2, 0) is 4.74 Å². The zero-order valence-corrected chi connectivity index (χ0v) is 11.6. The number of ether oxygens (including phenoxy) is 1. The Morgan fingerprint density at radius 2 is 2.05 bits per heavy atom. The third kappa shape index (κ3) is 2.31. The average molecular weight is 305 g/mol. The number of carbonyl (C=O) groups is 2. The lowest BCUT2D eigenvalue weighted by molar-refractivity contribution is 0.0892. The molecule has 21 heavy (non-hydrogen) atoms. The summed E-state index contributed by atoms with van der Waals surface area (Å²) in [6.07, 6.45) is 3.34. The van der Waals surface area contributed by atoms with Gasteiger partial charge in [-0.3, -0.25) is 9.78 Å². The number of amides is 1. The molecule has 106 valence electrons. The highest BCUT2D eigenvalue weighted by Crippen LogP contribution is 2.35. The van der Waals surface area contributed by atoms with E-state index in [-0.39, 0.29) is 11.4 Å². The van der Waals surface area contributed by atoms with Gasteiger partial charge in [0, 0.05) is 30.2 Å². The van der Waals surface area contributed by atoms with E-state index >= 15 is 0 Å². The van der Waals surface area contributed by atoms with Gasteiger partial charge in [-0.1, -0.05) is 6.07 Å². The van der Waals surface area contributed by atoms with Gasteiger partial charge in [-0.25, -0.2) is 19.7 Å². The van der Waals surface area contributed by atoms with Gasteiger partial charge in [0.05, 0.1) is 0 Å². The molecule has 1 aliphatic heterocycles. The molecule has 2 aromatic heterocycles. The highest BCUT2D eigenvalue weighted by Gasteiger charge is 2.43. The minimum absolute atomic E-state index is 0.114. The third-order valence-electron chi connectivity index (χ3n) is 2.96. The SMILES string of the molecule is Cc1ccc(N2C(=O)c3nccnc3C2OC(=O)Cl)nc1. The van der Waals surface area contributed by atoms with Crippen LogP contribution < -0.4 is 4.90 Å². The minimum atomic E-state index is -1.07. The van der Waals surface area contributed by atoms with Gasteiger partial charge in [0.1, 0.15) is 11.5 Å². The fraction of sp³-hybridized carbons (Fsp3) is 0.154. The van der Waals surface area contributed by atoms with Crippen molar-refractivity contribution in [2.75, 3.05) is 4.90 Å². The summed E-state index contributed by atoms with van der Waals surface area (Å²) in [6, 6.07) is 3.44. The largest absolute Gasteiger partial charge is 0.423 e. The Hall–Kier alpha value is -2.54. The van der Waals surface area contributed by atoms with Crippen molar-refractivity contribution in [1.82, 2.24) is 15.0 Å². The number of rotatable bonds is 2. The van der Waals surface area contributed by atoms with Crippen molar-refractivity contribution in [3.63, 3.8) is 0 Å². The Balaban J connectivity index is 2.08. The smallest absolute Gasteiger partial charge is 0.406 e. The molecule has 3 heterocycles. The molecule has 1 amide bonds. The lowest BCUT2D eigenvalue weighted by Gasteiger charge is -2.22. The minimum Gasteiger partial charge on any atom is -0.423 e. The number of aromatic nitrogens is 3. The number of anilines is 1. The Kier molecular flexibility index (Phi) is 3.26. The van der Waals surface area contributed by atoms with E-state index in [9.17, 15) is 9.59 Å². The van der Waals surface area contributed by atoms with Crippen molar-refractivity contribution in [1.29, 1.82) is 0 Å². The number of hydrogen-bond donors (Lipinski definition) is 0. The van der Waals surface area contributed by atoms with Crippen LogP contribution in [0.25, 0.3) is 0 Å². The molecule has 0 radical (unpaired) electrons. The molecule has 8 heteroatoms. The zero-order chi connectivity index (χ0) is 15.0. The molecule has 0 bridgehead atoms. The molecule has 2 aromatic rings. The highest BCUT2D eigenvalue weighted by atomic mass is 35.5. The van der Waals surface area contributed by atoms with E-state index in [1.807, 2.05) is 6.92 Å². The lowest BCUT2D eigenvalue weighted by atomic mass is 10.3. The van der Waals surface area contributed by atoms with Crippen molar-refractivity contribution in [3.8, 4) is 0 Å². The number of carbonyl (C=O) groups excluding carboxylic acids is 2. The first-order chi connectivity index (χ1) is 10.1. The lowest BCUT2D eigenvalue weighted by Crippen LogP contribution is -2.31. The summed E-state index contributed by atoms with van der Waals surface area (Å²) in [7, 11) is 0. The van der Waals surface area contributed by atoms with Crippen molar-refractivity contribution in [2.45, 2.75) is 13.2 Å². The number of halogens is 1. The Labute approximate surface area is 124 Å². The van der Waals surface area contributed by atoms with Crippen molar-refractivity contribution in [2.24, 2.45) is 0 Å². The van der Waals surface area contributed by atoms with Crippen LogP contribution in [0.3, 0.4) is 0 Å². The predicted molar refractivity (Wildman–Crippen MR) is 72.9 cm³/mol. The molecule has 1 atom stereocenters. The standard InChI is InChI=1S/C13H9ClN4O3/c1-7-2-3-8(17-6-7)18-11(19)9-10(16-5-4-15-9)12(18)21-13(14)20/h2-6,12H,1H3. The van der Waals surface area contributed by atoms with Crippen molar-refractivity contribution >= 4 is 28.8 Å². The van der Waals surface area contributed by atoms with Gasteiger partial charge in [0.25, 0.3) is 5.91 Å². The van der Waals surface area contributed by atoms with Gasteiger partial charge in [-0.2, -0.15) is 0 Å². The number of aryl methyl sites for hydroxylation is 1. The summed E-state index contributed by atoms with van der Waals surface area (Å²) in [4.78, 5) is 36.9. The molecule has 0 aromatic carbocycles. The summed E-state index contributed by atoms with van der Waals surface area (Å²) in [5.41, 5.74) is 0.245. The highest BCUT2D eigenvalue weighted by molar-refractivity contribution is 6.61. The Morgan fingerprint density at radius 3 is 2.71 bits per heavy atom. The first-order valence-electron chi connectivity index (χ1n) is 6.01.